The van der Waals surface area contributed by atoms with Crippen LogP contribution in [0, 0.1) is 0 Å². The summed E-state index contributed by atoms with van der Waals surface area (Å²) in [5.41, 5.74) is 6.28. The van der Waals surface area contributed by atoms with Gasteiger partial charge >= 0.3 is 0 Å². The Morgan fingerprint density at radius 3 is 2.81 bits per heavy atom. The van der Waals surface area contributed by atoms with Gasteiger partial charge in [0.2, 0.25) is 11.8 Å². The van der Waals surface area contributed by atoms with E-state index in [2.05, 4.69) is 21.2 Å². The van der Waals surface area contributed by atoms with E-state index in [0.717, 1.165) is 9.37 Å². The third-order valence-electron chi connectivity index (χ3n) is 3.70. The highest BCUT2D eigenvalue weighted by Crippen LogP contribution is 2.34. The molecule has 0 saturated heterocycles. The number of fused-ring (bicyclic) bond motifs is 1. The molecule has 1 aliphatic heterocycles. The SMILES string of the molecule is NC(=O)CSc1ccccc1NC(=O)CN1C(=O)COc2cc(Br)ccc21. The lowest BCUT2D eigenvalue weighted by molar-refractivity contribution is -0.123. The number of hydrogen-bond donors (Lipinski definition) is 2. The van der Waals surface area contributed by atoms with E-state index >= 15 is 0 Å². The second kappa shape index (κ2) is 8.45. The zero-order valence-corrected chi connectivity index (χ0v) is 16.5. The largest absolute Gasteiger partial charge is 0.482 e. The molecule has 0 radical (unpaired) electrons. The summed E-state index contributed by atoms with van der Waals surface area (Å²) in [5.74, 6) is -0.448. The molecule has 2 aromatic carbocycles. The maximum Gasteiger partial charge on any atom is 0.265 e. The Morgan fingerprint density at radius 1 is 1.26 bits per heavy atom. The van der Waals surface area contributed by atoms with Gasteiger partial charge in [-0.25, -0.2) is 0 Å². The number of nitrogens with two attached hydrogens (primary N) is 1. The summed E-state index contributed by atoms with van der Waals surface area (Å²) in [6, 6.07) is 12.4. The van der Waals surface area contributed by atoms with Crippen molar-refractivity contribution in [2.75, 3.05) is 29.1 Å². The average molecular weight is 450 g/mol. The van der Waals surface area contributed by atoms with Crippen LogP contribution in [0.5, 0.6) is 5.75 Å². The Balaban J connectivity index is 1.74. The van der Waals surface area contributed by atoms with Crippen LogP contribution in [0.3, 0.4) is 0 Å². The fraction of sp³-hybridized carbons (Fsp3) is 0.167. The number of nitrogens with one attached hydrogen (secondary N) is 1. The summed E-state index contributed by atoms with van der Waals surface area (Å²) >= 11 is 4.59. The van der Waals surface area contributed by atoms with Gasteiger partial charge in [-0.15, -0.1) is 11.8 Å². The number of nitrogens with zero attached hydrogens (tertiary/aromatic N) is 1. The molecule has 3 N–H and O–H groups in total. The van der Waals surface area contributed by atoms with Gasteiger partial charge < -0.3 is 15.8 Å². The monoisotopic (exact) mass is 449 g/mol. The zero-order valence-electron chi connectivity index (χ0n) is 14.1. The Kier molecular flexibility index (Phi) is 6.02. The number of benzene rings is 2. The van der Waals surface area contributed by atoms with Crippen LogP contribution in [0.25, 0.3) is 0 Å². The van der Waals surface area contributed by atoms with Gasteiger partial charge in [0.05, 0.1) is 17.1 Å². The van der Waals surface area contributed by atoms with E-state index in [0.29, 0.717) is 17.1 Å². The molecule has 2 aromatic rings. The van der Waals surface area contributed by atoms with E-state index in [1.807, 2.05) is 0 Å². The second-order valence-corrected chi connectivity index (χ2v) is 7.61. The molecule has 1 heterocycles. The highest BCUT2D eigenvalue weighted by molar-refractivity contribution is 9.10. The minimum Gasteiger partial charge on any atom is -0.482 e. The van der Waals surface area contributed by atoms with Crippen molar-refractivity contribution in [1.82, 2.24) is 0 Å². The van der Waals surface area contributed by atoms with E-state index in [4.69, 9.17) is 10.5 Å². The first kappa shape index (κ1) is 19.2. The van der Waals surface area contributed by atoms with E-state index < -0.39 is 5.91 Å². The standard InChI is InChI=1S/C18H16BrN3O4S/c19-11-5-6-13-14(7-11)26-9-18(25)22(13)8-17(24)21-12-3-1-2-4-15(12)27-10-16(20)23/h1-7H,8-10H2,(H2,20,23)(H,21,24). The number of halogens is 1. The van der Waals surface area contributed by atoms with Crippen LogP contribution < -0.4 is 20.7 Å². The molecule has 3 rings (SSSR count). The molecule has 0 spiro atoms. The third kappa shape index (κ3) is 4.81. The van der Waals surface area contributed by atoms with Crippen molar-refractivity contribution >= 4 is 56.8 Å². The van der Waals surface area contributed by atoms with Gasteiger partial charge in [-0.1, -0.05) is 28.1 Å². The minimum absolute atomic E-state index is 0.108. The number of anilines is 2. The van der Waals surface area contributed by atoms with Gasteiger partial charge in [0, 0.05) is 9.37 Å². The number of thioether (sulfide) groups is 1. The number of amides is 3. The smallest absolute Gasteiger partial charge is 0.265 e. The molecule has 140 valence electrons. The normalized spacial score (nSPS) is 12.9. The molecule has 0 saturated carbocycles. The molecule has 0 unspecified atom stereocenters. The molecule has 0 fully saturated rings. The van der Waals surface area contributed by atoms with Gasteiger partial charge in [0.15, 0.2) is 6.61 Å². The molecule has 0 aromatic heterocycles. The number of para-hydroxylation sites is 1. The van der Waals surface area contributed by atoms with Crippen molar-refractivity contribution < 1.29 is 19.1 Å². The van der Waals surface area contributed by atoms with Crippen LogP contribution in [0.15, 0.2) is 51.8 Å². The highest BCUT2D eigenvalue weighted by Gasteiger charge is 2.27. The number of ether oxygens (including phenoxy) is 1. The summed E-state index contributed by atoms with van der Waals surface area (Å²) in [7, 11) is 0. The van der Waals surface area contributed by atoms with Crippen molar-refractivity contribution in [2.24, 2.45) is 5.73 Å². The van der Waals surface area contributed by atoms with Gasteiger partial charge in [-0.05, 0) is 30.3 Å². The maximum absolute atomic E-state index is 12.5. The van der Waals surface area contributed by atoms with E-state index in [1.54, 1.807) is 42.5 Å². The van der Waals surface area contributed by atoms with Gasteiger partial charge in [-0.3, -0.25) is 19.3 Å². The molecular weight excluding hydrogens is 434 g/mol. The van der Waals surface area contributed by atoms with E-state index in [-0.39, 0.29) is 30.7 Å². The Morgan fingerprint density at radius 2 is 2.04 bits per heavy atom. The summed E-state index contributed by atoms with van der Waals surface area (Å²) in [6.45, 7) is -0.270. The van der Waals surface area contributed by atoms with E-state index in [9.17, 15) is 14.4 Å². The summed E-state index contributed by atoms with van der Waals surface area (Å²) in [6.07, 6.45) is 0. The lowest BCUT2D eigenvalue weighted by Gasteiger charge is -2.29. The van der Waals surface area contributed by atoms with Crippen molar-refractivity contribution in [3.05, 3.63) is 46.9 Å². The molecule has 27 heavy (non-hydrogen) atoms. The summed E-state index contributed by atoms with van der Waals surface area (Å²) in [5, 5.41) is 2.79. The van der Waals surface area contributed by atoms with Gasteiger partial charge in [0.25, 0.3) is 5.91 Å². The fourth-order valence-corrected chi connectivity index (χ4v) is 3.62. The number of carbonyl (C=O) groups excluding carboxylic acids is 3. The minimum atomic E-state index is -0.442. The Bertz CT molecular complexity index is 906. The Labute approximate surface area is 168 Å². The predicted octanol–water partition coefficient (Wildman–Crippen LogP) is 2.39. The summed E-state index contributed by atoms with van der Waals surface area (Å²) in [4.78, 5) is 37.9. The highest BCUT2D eigenvalue weighted by atomic mass is 79.9. The molecule has 7 nitrogen and oxygen atoms in total. The summed E-state index contributed by atoms with van der Waals surface area (Å²) < 4.78 is 6.24. The maximum atomic E-state index is 12.5. The van der Waals surface area contributed by atoms with Crippen molar-refractivity contribution in [1.29, 1.82) is 0 Å². The predicted molar refractivity (Wildman–Crippen MR) is 107 cm³/mol. The lowest BCUT2D eigenvalue weighted by atomic mass is 10.2. The van der Waals surface area contributed by atoms with Crippen molar-refractivity contribution in [3.8, 4) is 5.75 Å². The molecule has 1 aliphatic rings. The molecule has 3 amide bonds. The molecule has 0 bridgehead atoms. The van der Waals surface area contributed by atoms with Crippen LogP contribution in [-0.2, 0) is 14.4 Å². The molecule has 9 heteroatoms. The van der Waals surface area contributed by atoms with Crippen LogP contribution in [0.1, 0.15) is 0 Å². The van der Waals surface area contributed by atoms with Crippen LogP contribution in [0.4, 0.5) is 11.4 Å². The van der Waals surface area contributed by atoms with E-state index in [1.165, 1.54) is 16.7 Å². The topological polar surface area (TPSA) is 102 Å². The average Bonchev–Trinajstić information content (AvgIpc) is 2.63. The fourth-order valence-electron chi connectivity index (χ4n) is 2.53. The van der Waals surface area contributed by atoms with Crippen molar-refractivity contribution in [3.63, 3.8) is 0 Å². The quantitative estimate of drug-likeness (QED) is 0.659. The third-order valence-corrected chi connectivity index (χ3v) is 5.29. The molecule has 0 atom stereocenters. The number of hydrogen-bond acceptors (Lipinski definition) is 5. The first-order valence-electron chi connectivity index (χ1n) is 7.97. The van der Waals surface area contributed by atoms with Crippen molar-refractivity contribution in [2.45, 2.75) is 4.90 Å². The lowest BCUT2D eigenvalue weighted by Crippen LogP contribution is -2.43. The van der Waals surface area contributed by atoms with Crippen LogP contribution in [-0.4, -0.2) is 36.6 Å². The number of rotatable bonds is 6. The van der Waals surface area contributed by atoms with Gasteiger partial charge in [-0.2, -0.15) is 0 Å². The van der Waals surface area contributed by atoms with Gasteiger partial charge in [0.1, 0.15) is 12.3 Å². The number of carbonyl (C=O) groups is 3. The first-order valence-corrected chi connectivity index (χ1v) is 9.74. The van der Waals surface area contributed by atoms with Crippen LogP contribution in [0.2, 0.25) is 0 Å². The first-order chi connectivity index (χ1) is 12.9. The molecule has 0 aliphatic carbocycles. The molecular formula is C18H16BrN3O4S. The number of primary amides is 1. The Hall–Kier alpha value is -2.52. The zero-order chi connectivity index (χ0) is 19.4. The second-order valence-electron chi connectivity index (χ2n) is 5.68. The van der Waals surface area contributed by atoms with Crippen LogP contribution >= 0.6 is 27.7 Å².